The topological polar surface area (TPSA) is 56.1 Å². The zero-order valence-corrected chi connectivity index (χ0v) is 14.3. The van der Waals surface area contributed by atoms with Crippen LogP contribution in [0, 0.1) is 12.7 Å². The molecule has 0 saturated heterocycles. The number of nitrogens with one attached hydrogen (secondary N) is 1. The number of carbonyl (C=O) groups is 1. The molecule has 0 saturated carbocycles. The number of amides is 1. The van der Waals surface area contributed by atoms with Crippen molar-refractivity contribution >= 4 is 5.91 Å². The van der Waals surface area contributed by atoms with Crippen LogP contribution in [-0.4, -0.2) is 22.3 Å². The number of benzene rings is 2. The number of hydrogen-bond acceptors (Lipinski definition) is 3. The first-order valence-electron chi connectivity index (χ1n) is 8.46. The van der Waals surface area contributed by atoms with Crippen LogP contribution in [0.1, 0.15) is 34.1 Å². The van der Waals surface area contributed by atoms with Gasteiger partial charge in [-0.1, -0.05) is 18.2 Å². The summed E-state index contributed by atoms with van der Waals surface area (Å²) < 4.78 is 20.4. The molecule has 6 heteroatoms. The summed E-state index contributed by atoms with van der Waals surface area (Å²) in [6, 6.07) is 13.6. The Morgan fingerprint density at radius 2 is 2.00 bits per heavy atom. The van der Waals surface area contributed by atoms with Crippen molar-refractivity contribution in [3.8, 4) is 11.4 Å². The highest BCUT2D eigenvalue weighted by Crippen LogP contribution is 2.31. The Morgan fingerprint density at radius 1 is 1.23 bits per heavy atom. The van der Waals surface area contributed by atoms with Gasteiger partial charge in [0.1, 0.15) is 11.6 Å². The Bertz CT molecular complexity index is 950. The van der Waals surface area contributed by atoms with Gasteiger partial charge in [0.25, 0.3) is 5.91 Å². The Kier molecular flexibility index (Phi) is 4.16. The Labute approximate surface area is 150 Å². The molecule has 0 bridgehead atoms. The predicted octanol–water partition coefficient (Wildman–Crippen LogP) is 3.57. The first-order chi connectivity index (χ1) is 12.6. The van der Waals surface area contributed by atoms with Crippen LogP contribution in [0.2, 0.25) is 0 Å². The van der Waals surface area contributed by atoms with Gasteiger partial charge in [-0.15, -0.1) is 0 Å². The standard InChI is InChI=1S/C20H18FN3O2/c1-13-17(12-22-24(13)15-8-6-14(21)7-9-15)20(25)23-18-10-11-26-19-5-3-2-4-16(18)19/h2-9,12,18H,10-11H2,1H3,(H,23,25). The molecular formula is C20H18FN3O2. The molecule has 0 aliphatic carbocycles. The zero-order chi connectivity index (χ0) is 18.1. The Hall–Kier alpha value is -3.15. The van der Waals surface area contributed by atoms with E-state index >= 15 is 0 Å². The summed E-state index contributed by atoms with van der Waals surface area (Å²) in [5.74, 6) is 0.315. The third-order valence-electron chi connectivity index (χ3n) is 4.59. The maximum absolute atomic E-state index is 13.1. The quantitative estimate of drug-likeness (QED) is 0.785. The fraction of sp³-hybridized carbons (Fsp3) is 0.200. The number of nitrogens with zero attached hydrogens (tertiary/aromatic N) is 2. The molecule has 0 spiro atoms. The predicted molar refractivity (Wildman–Crippen MR) is 95.0 cm³/mol. The molecular weight excluding hydrogens is 333 g/mol. The second-order valence-corrected chi connectivity index (χ2v) is 6.23. The van der Waals surface area contributed by atoms with Crippen LogP contribution in [-0.2, 0) is 0 Å². The summed E-state index contributed by atoms with van der Waals surface area (Å²) in [6.07, 6.45) is 2.26. The van der Waals surface area contributed by atoms with Gasteiger partial charge in [-0.05, 0) is 37.3 Å². The molecule has 1 N–H and O–H groups in total. The van der Waals surface area contributed by atoms with Gasteiger partial charge in [-0.3, -0.25) is 4.79 Å². The van der Waals surface area contributed by atoms with Gasteiger partial charge in [0.2, 0.25) is 0 Å². The highest BCUT2D eigenvalue weighted by atomic mass is 19.1. The number of halogens is 1. The second kappa shape index (κ2) is 6.63. The van der Waals surface area contributed by atoms with Gasteiger partial charge >= 0.3 is 0 Å². The molecule has 26 heavy (non-hydrogen) atoms. The minimum absolute atomic E-state index is 0.0963. The maximum Gasteiger partial charge on any atom is 0.255 e. The van der Waals surface area contributed by atoms with Gasteiger partial charge in [0.05, 0.1) is 35.8 Å². The highest BCUT2D eigenvalue weighted by Gasteiger charge is 2.24. The fourth-order valence-electron chi connectivity index (χ4n) is 3.20. The summed E-state index contributed by atoms with van der Waals surface area (Å²) in [5, 5.41) is 7.36. The lowest BCUT2D eigenvalue weighted by molar-refractivity contribution is 0.0924. The maximum atomic E-state index is 13.1. The van der Waals surface area contributed by atoms with Crippen molar-refractivity contribution in [2.75, 3.05) is 6.61 Å². The number of hydrogen-bond donors (Lipinski definition) is 1. The molecule has 0 fully saturated rings. The van der Waals surface area contributed by atoms with Crippen LogP contribution < -0.4 is 10.1 Å². The molecule has 2 aromatic carbocycles. The summed E-state index contributed by atoms with van der Waals surface area (Å²) in [4.78, 5) is 12.8. The summed E-state index contributed by atoms with van der Waals surface area (Å²) in [5.41, 5.74) is 2.89. The van der Waals surface area contributed by atoms with Gasteiger partial charge < -0.3 is 10.1 Å². The molecule has 3 aromatic rings. The van der Waals surface area contributed by atoms with E-state index in [0.29, 0.717) is 30.0 Å². The van der Waals surface area contributed by atoms with Crippen molar-refractivity contribution in [1.82, 2.24) is 15.1 Å². The van der Waals surface area contributed by atoms with Crippen molar-refractivity contribution in [2.24, 2.45) is 0 Å². The van der Waals surface area contributed by atoms with Crippen molar-refractivity contribution in [3.05, 3.63) is 77.4 Å². The third-order valence-corrected chi connectivity index (χ3v) is 4.59. The lowest BCUT2D eigenvalue weighted by Crippen LogP contribution is -2.32. The number of fused-ring (bicyclic) bond motifs is 1. The zero-order valence-electron chi connectivity index (χ0n) is 14.3. The summed E-state index contributed by atoms with van der Waals surface area (Å²) in [7, 11) is 0. The number of rotatable bonds is 3. The lowest BCUT2D eigenvalue weighted by Gasteiger charge is -2.26. The van der Waals surface area contributed by atoms with Gasteiger partial charge in [-0.25, -0.2) is 9.07 Å². The van der Waals surface area contributed by atoms with E-state index in [1.165, 1.54) is 12.1 Å². The van der Waals surface area contributed by atoms with Gasteiger partial charge in [0, 0.05) is 12.0 Å². The van der Waals surface area contributed by atoms with Gasteiger partial charge in [-0.2, -0.15) is 5.10 Å². The van der Waals surface area contributed by atoms with E-state index in [2.05, 4.69) is 10.4 Å². The monoisotopic (exact) mass is 351 g/mol. The fourth-order valence-corrected chi connectivity index (χ4v) is 3.20. The Morgan fingerprint density at radius 3 is 2.81 bits per heavy atom. The van der Waals surface area contributed by atoms with E-state index in [0.717, 1.165) is 11.3 Å². The smallest absolute Gasteiger partial charge is 0.255 e. The number of aromatic nitrogens is 2. The third kappa shape index (κ3) is 2.94. The molecule has 1 aromatic heterocycles. The van der Waals surface area contributed by atoms with E-state index in [1.54, 1.807) is 23.0 Å². The van der Waals surface area contributed by atoms with Crippen LogP contribution >= 0.6 is 0 Å². The number of ether oxygens (including phenoxy) is 1. The normalized spacial score (nSPS) is 15.8. The van der Waals surface area contributed by atoms with Crippen LogP contribution in [0.5, 0.6) is 5.75 Å². The van der Waals surface area contributed by atoms with Crippen LogP contribution in [0.3, 0.4) is 0 Å². The first kappa shape index (κ1) is 16.3. The summed E-state index contributed by atoms with van der Waals surface area (Å²) in [6.45, 7) is 2.39. The average molecular weight is 351 g/mol. The molecule has 1 aliphatic heterocycles. The van der Waals surface area contributed by atoms with Crippen LogP contribution in [0.4, 0.5) is 4.39 Å². The van der Waals surface area contributed by atoms with Crippen molar-refractivity contribution in [3.63, 3.8) is 0 Å². The SMILES string of the molecule is Cc1c(C(=O)NC2CCOc3ccccc32)cnn1-c1ccc(F)cc1. The van der Waals surface area contributed by atoms with E-state index in [-0.39, 0.29) is 17.8 Å². The Balaban J connectivity index is 1.57. The molecule has 1 unspecified atom stereocenters. The minimum Gasteiger partial charge on any atom is -0.493 e. The van der Waals surface area contributed by atoms with Crippen molar-refractivity contribution < 1.29 is 13.9 Å². The van der Waals surface area contributed by atoms with Crippen LogP contribution in [0.15, 0.2) is 54.7 Å². The molecule has 0 radical (unpaired) electrons. The van der Waals surface area contributed by atoms with Crippen molar-refractivity contribution in [1.29, 1.82) is 0 Å². The lowest BCUT2D eigenvalue weighted by atomic mass is 10.0. The van der Waals surface area contributed by atoms with Crippen molar-refractivity contribution in [2.45, 2.75) is 19.4 Å². The molecule has 1 atom stereocenters. The highest BCUT2D eigenvalue weighted by molar-refractivity contribution is 5.95. The van der Waals surface area contributed by atoms with E-state index in [4.69, 9.17) is 4.74 Å². The molecule has 132 valence electrons. The molecule has 4 rings (SSSR count). The largest absolute Gasteiger partial charge is 0.493 e. The average Bonchev–Trinajstić information content (AvgIpc) is 3.04. The van der Waals surface area contributed by atoms with E-state index < -0.39 is 0 Å². The minimum atomic E-state index is -0.310. The number of para-hydroxylation sites is 1. The number of carbonyl (C=O) groups excluding carboxylic acids is 1. The molecule has 2 heterocycles. The molecule has 1 amide bonds. The van der Waals surface area contributed by atoms with Crippen LogP contribution in [0.25, 0.3) is 5.69 Å². The first-order valence-corrected chi connectivity index (χ1v) is 8.46. The second-order valence-electron chi connectivity index (χ2n) is 6.23. The molecule has 5 nitrogen and oxygen atoms in total. The molecule has 1 aliphatic rings. The van der Waals surface area contributed by atoms with E-state index in [1.807, 2.05) is 31.2 Å². The van der Waals surface area contributed by atoms with E-state index in [9.17, 15) is 9.18 Å². The summed E-state index contributed by atoms with van der Waals surface area (Å²) >= 11 is 0. The van der Waals surface area contributed by atoms with Gasteiger partial charge in [0.15, 0.2) is 0 Å².